The van der Waals surface area contributed by atoms with E-state index in [1.165, 1.54) is 0 Å². The van der Waals surface area contributed by atoms with Crippen molar-refractivity contribution in [3.63, 3.8) is 0 Å². The fraction of sp³-hybridized carbons (Fsp3) is 0.214. The molecule has 0 bridgehead atoms. The highest BCUT2D eigenvalue weighted by molar-refractivity contribution is 6.07. The van der Waals surface area contributed by atoms with Crippen LogP contribution in [0.2, 0.25) is 0 Å². The summed E-state index contributed by atoms with van der Waals surface area (Å²) >= 11 is 0. The van der Waals surface area contributed by atoms with E-state index in [4.69, 9.17) is 9.72 Å². The highest BCUT2D eigenvalue weighted by Gasteiger charge is 2.35. The largest absolute Gasteiger partial charge is 0.494 e. The molecule has 0 unspecified atom stereocenters. The molecule has 0 spiro atoms. The van der Waals surface area contributed by atoms with Gasteiger partial charge in [-0.2, -0.15) is 0 Å². The number of nitrogens with zero attached hydrogens (tertiary/aromatic N) is 2. The minimum atomic E-state index is -0.405. The molecular weight excluding hydrogens is 424 g/mol. The van der Waals surface area contributed by atoms with Gasteiger partial charge >= 0.3 is 0 Å². The van der Waals surface area contributed by atoms with Gasteiger partial charge in [-0.1, -0.05) is 48.0 Å². The number of carbonyl (C=O) groups is 1. The molecule has 1 aliphatic heterocycles. The summed E-state index contributed by atoms with van der Waals surface area (Å²) in [4.78, 5) is 18.7. The monoisotopic (exact) mass is 452 g/mol. The van der Waals surface area contributed by atoms with Crippen molar-refractivity contribution in [3.8, 4) is 5.75 Å². The third-order valence-electron chi connectivity index (χ3n) is 6.22. The Morgan fingerprint density at radius 2 is 1.82 bits per heavy atom. The highest BCUT2D eigenvalue weighted by Crippen LogP contribution is 2.42. The van der Waals surface area contributed by atoms with Crippen molar-refractivity contribution in [2.75, 3.05) is 17.2 Å². The van der Waals surface area contributed by atoms with Crippen LogP contribution in [0, 0.1) is 13.8 Å². The van der Waals surface area contributed by atoms with Crippen LogP contribution in [0.5, 0.6) is 5.75 Å². The van der Waals surface area contributed by atoms with Crippen molar-refractivity contribution in [2.24, 2.45) is 0 Å². The number of amides is 1. The molecule has 6 nitrogen and oxygen atoms in total. The number of allylic oxidation sites excluding steroid dienone is 1. The molecule has 0 saturated carbocycles. The van der Waals surface area contributed by atoms with Gasteiger partial charge in [-0.05, 0) is 57.5 Å². The lowest BCUT2D eigenvalue weighted by atomic mass is 9.93. The zero-order valence-electron chi connectivity index (χ0n) is 19.8. The first-order chi connectivity index (χ1) is 16.5. The zero-order chi connectivity index (χ0) is 23.8. The van der Waals surface area contributed by atoms with Gasteiger partial charge in [0, 0.05) is 16.9 Å². The number of carbonyl (C=O) groups excluding carboxylic acids is 1. The predicted octanol–water partition coefficient (Wildman–Crippen LogP) is 5.98. The van der Waals surface area contributed by atoms with Crippen molar-refractivity contribution >= 4 is 28.6 Å². The Kier molecular flexibility index (Phi) is 5.57. The third kappa shape index (κ3) is 3.71. The number of para-hydroxylation sites is 3. The molecule has 4 aromatic rings. The minimum Gasteiger partial charge on any atom is -0.494 e. The Hall–Kier alpha value is -4.06. The molecule has 1 amide bonds. The van der Waals surface area contributed by atoms with E-state index in [-0.39, 0.29) is 5.91 Å². The number of hydrogen-bond acceptors (Lipinski definition) is 4. The molecular formula is C28H28N4O2. The Morgan fingerprint density at radius 1 is 1.06 bits per heavy atom. The molecule has 34 heavy (non-hydrogen) atoms. The first kappa shape index (κ1) is 21.8. The molecule has 0 radical (unpaired) electrons. The summed E-state index contributed by atoms with van der Waals surface area (Å²) in [7, 11) is 0. The maximum atomic E-state index is 13.9. The van der Waals surface area contributed by atoms with E-state index in [2.05, 4.69) is 21.3 Å². The molecule has 3 aromatic carbocycles. The van der Waals surface area contributed by atoms with E-state index < -0.39 is 6.04 Å². The number of fused-ring (bicyclic) bond motifs is 3. The topological polar surface area (TPSA) is 68.2 Å². The molecule has 2 heterocycles. The van der Waals surface area contributed by atoms with Crippen molar-refractivity contribution in [3.05, 3.63) is 94.7 Å². The molecule has 0 aliphatic carbocycles. The number of aromatic nitrogens is 2. The van der Waals surface area contributed by atoms with E-state index in [0.717, 1.165) is 44.9 Å². The van der Waals surface area contributed by atoms with Crippen LogP contribution >= 0.6 is 0 Å². The fourth-order valence-electron chi connectivity index (χ4n) is 4.69. The van der Waals surface area contributed by atoms with Crippen LogP contribution in [0.3, 0.4) is 0 Å². The lowest BCUT2D eigenvalue weighted by molar-refractivity contribution is -0.113. The molecule has 1 atom stereocenters. The second-order valence-electron chi connectivity index (χ2n) is 8.60. The maximum absolute atomic E-state index is 13.9. The molecule has 5 rings (SSSR count). The summed E-state index contributed by atoms with van der Waals surface area (Å²) < 4.78 is 8.09. The van der Waals surface area contributed by atoms with E-state index in [9.17, 15) is 4.79 Å². The summed E-state index contributed by atoms with van der Waals surface area (Å²) in [5, 5.41) is 6.52. The average Bonchev–Trinajstić information content (AvgIpc) is 3.18. The van der Waals surface area contributed by atoms with Crippen LogP contribution in [-0.2, 0) is 4.79 Å². The van der Waals surface area contributed by atoms with E-state index in [1.54, 1.807) is 0 Å². The molecule has 6 heteroatoms. The van der Waals surface area contributed by atoms with Crippen LogP contribution in [0.15, 0.2) is 78.0 Å². The number of hydrogen-bond donors (Lipinski definition) is 2. The molecule has 1 aliphatic rings. The van der Waals surface area contributed by atoms with Crippen LogP contribution in [0.4, 0.5) is 11.6 Å². The summed E-state index contributed by atoms with van der Waals surface area (Å²) in [6, 6.07) is 21.5. The molecule has 0 saturated heterocycles. The van der Waals surface area contributed by atoms with E-state index in [1.807, 2.05) is 88.4 Å². The number of aryl methyl sites for hydroxylation is 2. The second-order valence-corrected chi connectivity index (χ2v) is 8.60. The van der Waals surface area contributed by atoms with Crippen molar-refractivity contribution in [1.82, 2.24) is 9.55 Å². The smallest absolute Gasteiger partial charge is 0.255 e. The van der Waals surface area contributed by atoms with Gasteiger partial charge in [-0.3, -0.25) is 9.36 Å². The lowest BCUT2D eigenvalue weighted by Gasteiger charge is -2.31. The fourth-order valence-corrected chi connectivity index (χ4v) is 4.69. The summed E-state index contributed by atoms with van der Waals surface area (Å²) in [5.41, 5.74) is 7.11. The minimum absolute atomic E-state index is 0.156. The maximum Gasteiger partial charge on any atom is 0.255 e. The van der Waals surface area contributed by atoms with Crippen LogP contribution in [-0.4, -0.2) is 22.1 Å². The van der Waals surface area contributed by atoms with Gasteiger partial charge in [-0.15, -0.1) is 0 Å². The quantitative estimate of drug-likeness (QED) is 0.391. The SMILES string of the molecule is CCOc1ccccc1[C@H]1C(C(=O)Nc2ccc(C)cc2C)=C(C)Nc2nc3ccccc3n21. The number of rotatable bonds is 5. The molecule has 1 aromatic heterocycles. The van der Waals surface area contributed by atoms with E-state index >= 15 is 0 Å². The normalized spacial score (nSPS) is 15.1. The van der Waals surface area contributed by atoms with Crippen LogP contribution in [0.1, 0.15) is 36.6 Å². The predicted molar refractivity (Wildman–Crippen MR) is 136 cm³/mol. The number of nitrogens with one attached hydrogen (secondary N) is 2. The Bertz CT molecular complexity index is 1430. The van der Waals surface area contributed by atoms with Crippen molar-refractivity contribution < 1.29 is 9.53 Å². The number of ether oxygens (including phenoxy) is 1. The van der Waals surface area contributed by atoms with Crippen LogP contribution in [0.25, 0.3) is 11.0 Å². The molecule has 0 fully saturated rings. The van der Waals surface area contributed by atoms with Gasteiger partial charge in [0.25, 0.3) is 5.91 Å². The number of imidazole rings is 1. The summed E-state index contributed by atoms with van der Waals surface area (Å²) in [6.45, 7) is 8.48. The molecule has 172 valence electrons. The first-order valence-corrected chi connectivity index (χ1v) is 11.5. The first-order valence-electron chi connectivity index (χ1n) is 11.5. The van der Waals surface area contributed by atoms with Crippen LogP contribution < -0.4 is 15.4 Å². The summed E-state index contributed by atoms with van der Waals surface area (Å²) in [6.07, 6.45) is 0. The Labute approximate surface area is 199 Å². The number of benzene rings is 3. The Morgan fingerprint density at radius 3 is 2.62 bits per heavy atom. The molecule has 2 N–H and O–H groups in total. The van der Waals surface area contributed by atoms with Gasteiger partial charge < -0.3 is 15.4 Å². The van der Waals surface area contributed by atoms with E-state index in [0.29, 0.717) is 18.1 Å². The van der Waals surface area contributed by atoms with Gasteiger partial charge in [0.15, 0.2) is 0 Å². The van der Waals surface area contributed by atoms with Gasteiger partial charge in [0.1, 0.15) is 5.75 Å². The van der Waals surface area contributed by atoms with Crippen molar-refractivity contribution in [2.45, 2.75) is 33.7 Å². The van der Waals surface area contributed by atoms with Gasteiger partial charge in [0.05, 0.1) is 29.3 Å². The zero-order valence-corrected chi connectivity index (χ0v) is 19.8. The van der Waals surface area contributed by atoms with Gasteiger partial charge in [0.2, 0.25) is 5.95 Å². The lowest BCUT2D eigenvalue weighted by Crippen LogP contribution is -2.31. The van der Waals surface area contributed by atoms with Crippen molar-refractivity contribution in [1.29, 1.82) is 0 Å². The highest BCUT2D eigenvalue weighted by atomic mass is 16.5. The Balaban J connectivity index is 1.69. The van der Waals surface area contributed by atoms with Gasteiger partial charge in [-0.25, -0.2) is 4.98 Å². The summed E-state index contributed by atoms with van der Waals surface area (Å²) in [5.74, 6) is 1.31. The number of anilines is 2. The second kappa shape index (κ2) is 8.71. The average molecular weight is 453 g/mol. The standard InChI is InChI=1S/C28H28N4O2/c1-5-34-24-13-9-6-10-20(24)26-25(27(33)30-21-15-14-17(2)16-18(21)3)19(4)29-28-31-22-11-7-8-12-23(22)32(26)28/h6-16,26H,5H2,1-4H3,(H,29,31)(H,30,33)/t26-/m0/s1. The third-order valence-corrected chi connectivity index (χ3v) is 6.22.